The van der Waals surface area contributed by atoms with E-state index >= 15 is 0 Å². The van der Waals surface area contributed by atoms with E-state index in [-0.39, 0.29) is 17.9 Å². The van der Waals surface area contributed by atoms with E-state index in [4.69, 9.17) is 16.3 Å². The van der Waals surface area contributed by atoms with Crippen molar-refractivity contribution in [1.29, 1.82) is 5.26 Å². The van der Waals surface area contributed by atoms with Crippen LogP contribution < -0.4 is 4.74 Å². The Kier molecular flexibility index (Phi) is 4.25. The minimum absolute atomic E-state index is 0.000258. The number of carbonyl (C=O) groups is 1. The number of carbonyl (C=O) groups excluding carboxylic acids is 1. The number of piperidine rings is 1. The molecule has 0 N–H and O–H groups in total. The first-order valence-corrected chi connectivity index (χ1v) is 10.2. The van der Waals surface area contributed by atoms with Crippen molar-refractivity contribution in [1.82, 2.24) is 9.47 Å². The molecule has 2 aromatic carbocycles. The summed E-state index contributed by atoms with van der Waals surface area (Å²) in [6.07, 6.45) is 1.75. The Morgan fingerprint density at radius 2 is 1.97 bits per heavy atom. The van der Waals surface area contributed by atoms with Crippen LogP contribution in [-0.4, -0.2) is 35.1 Å². The Balaban J connectivity index is 1.42. The molecule has 1 spiro atoms. The van der Waals surface area contributed by atoms with Crippen LogP contribution >= 0.6 is 11.6 Å². The lowest BCUT2D eigenvalue weighted by Crippen LogP contribution is -2.46. The van der Waals surface area contributed by atoms with Crippen molar-refractivity contribution in [2.75, 3.05) is 19.7 Å². The molecule has 3 aromatic rings. The fraction of sp³-hybridized carbons (Fsp3) is 0.304. The lowest BCUT2D eigenvalue weighted by molar-refractivity contribution is 0.0637. The van der Waals surface area contributed by atoms with Crippen LogP contribution in [-0.2, 0) is 12.0 Å². The first-order chi connectivity index (χ1) is 14.1. The molecule has 29 heavy (non-hydrogen) atoms. The zero-order chi connectivity index (χ0) is 20.0. The fourth-order valence-electron chi connectivity index (χ4n) is 4.70. The van der Waals surface area contributed by atoms with Crippen LogP contribution in [0.25, 0.3) is 10.9 Å². The average Bonchev–Trinajstić information content (AvgIpc) is 3.27. The maximum Gasteiger partial charge on any atom is 0.270 e. The summed E-state index contributed by atoms with van der Waals surface area (Å²) < 4.78 is 7.70. The molecule has 0 atom stereocenters. The molecule has 146 valence electrons. The quantitative estimate of drug-likeness (QED) is 0.635. The summed E-state index contributed by atoms with van der Waals surface area (Å²) in [7, 11) is 0. The smallest absolute Gasteiger partial charge is 0.270 e. The lowest BCUT2D eigenvalue weighted by Gasteiger charge is -2.38. The van der Waals surface area contributed by atoms with Gasteiger partial charge in [0, 0.05) is 40.0 Å². The van der Waals surface area contributed by atoms with Gasteiger partial charge in [-0.3, -0.25) is 4.79 Å². The van der Waals surface area contributed by atoms with Crippen molar-refractivity contribution in [3.8, 4) is 11.8 Å². The number of amides is 1. The third-order valence-electron chi connectivity index (χ3n) is 6.28. The van der Waals surface area contributed by atoms with Crippen molar-refractivity contribution in [2.24, 2.45) is 0 Å². The van der Waals surface area contributed by atoms with Crippen LogP contribution in [0.15, 0.2) is 48.5 Å². The fourth-order valence-corrected chi connectivity index (χ4v) is 4.88. The normalized spacial score (nSPS) is 17.2. The van der Waals surface area contributed by atoms with Gasteiger partial charge in [-0.15, -0.1) is 0 Å². The van der Waals surface area contributed by atoms with E-state index in [1.165, 1.54) is 5.56 Å². The zero-order valence-corrected chi connectivity index (χ0v) is 16.7. The summed E-state index contributed by atoms with van der Waals surface area (Å²) in [6, 6.07) is 17.7. The van der Waals surface area contributed by atoms with Crippen molar-refractivity contribution in [3.05, 3.63) is 64.8 Å². The highest BCUT2D eigenvalue weighted by atomic mass is 35.5. The SMILES string of the molecule is N#CCn1c(C(=O)N2CCC3(CC2)COc2ccccc23)cc2cc(Cl)ccc21. The number of nitrogens with zero attached hydrogens (tertiary/aromatic N) is 3. The minimum atomic E-state index is -0.0328. The Bertz CT molecular complexity index is 1150. The summed E-state index contributed by atoms with van der Waals surface area (Å²) >= 11 is 6.11. The molecule has 0 bridgehead atoms. The van der Waals surface area contributed by atoms with E-state index in [0.717, 1.165) is 29.5 Å². The second kappa shape index (κ2) is 6.82. The van der Waals surface area contributed by atoms with Crippen LogP contribution in [0.2, 0.25) is 5.02 Å². The van der Waals surface area contributed by atoms with Crippen molar-refractivity contribution in [2.45, 2.75) is 24.8 Å². The molecule has 1 saturated heterocycles. The molecule has 5 nitrogen and oxygen atoms in total. The molecular formula is C23H20ClN3O2. The number of hydrogen-bond acceptors (Lipinski definition) is 3. The number of likely N-dealkylation sites (tertiary alicyclic amines) is 1. The van der Waals surface area contributed by atoms with Gasteiger partial charge in [0.1, 0.15) is 18.0 Å². The number of benzene rings is 2. The molecule has 0 saturated carbocycles. The molecular weight excluding hydrogens is 386 g/mol. The largest absolute Gasteiger partial charge is 0.492 e. The number of nitriles is 1. The van der Waals surface area contributed by atoms with Crippen molar-refractivity contribution in [3.63, 3.8) is 0 Å². The molecule has 1 amide bonds. The van der Waals surface area contributed by atoms with Gasteiger partial charge in [-0.2, -0.15) is 5.26 Å². The predicted molar refractivity (Wildman–Crippen MR) is 111 cm³/mol. The third-order valence-corrected chi connectivity index (χ3v) is 6.52. The topological polar surface area (TPSA) is 58.3 Å². The number of ether oxygens (including phenoxy) is 1. The summed E-state index contributed by atoms with van der Waals surface area (Å²) in [4.78, 5) is 15.2. The van der Waals surface area contributed by atoms with Gasteiger partial charge in [0.15, 0.2) is 0 Å². The molecule has 3 heterocycles. The Hall–Kier alpha value is -2.97. The van der Waals surface area contributed by atoms with Gasteiger partial charge in [-0.05, 0) is 43.2 Å². The Labute approximate surface area is 174 Å². The summed E-state index contributed by atoms with van der Waals surface area (Å²) in [5.74, 6) is 0.938. The Morgan fingerprint density at radius 3 is 2.76 bits per heavy atom. The highest BCUT2D eigenvalue weighted by Gasteiger charge is 2.43. The summed E-state index contributed by atoms with van der Waals surface area (Å²) in [5.41, 5.74) is 2.66. The van der Waals surface area contributed by atoms with Crippen LogP contribution in [0, 0.1) is 11.3 Å². The predicted octanol–water partition coefficient (Wildman–Crippen LogP) is 4.38. The van der Waals surface area contributed by atoms with E-state index in [2.05, 4.69) is 18.2 Å². The number of halogens is 1. The number of fused-ring (bicyclic) bond motifs is 3. The monoisotopic (exact) mass is 405 g/mol. The number of para-hydroxylation sites is 1. The van der Waals surface area contributed by atoms with E-state index < -0.39 is 0 Å². The van der Waals surface area contributed by atoms with Crippen LogP contribution in [0.4, 0.5) is 0 Å². The van der Waals surface area contributed by atoms with Gasteiger partial charge in [0.25, 0.3) is 5.91 Å². The van der Waals surface area contributed by atoms with Crippen LogP contribution in [0.3, 0.4) is 0 Å². The third kappa shape index (κ3) is 2.87. The molecule has 1 fully saturated rings. The highest BCUT2D eigenvalue weighted by molar-refractivity contribution is 6.31. The molecule has 0 radical (unpaired) electrons. The maximum atomic E-state index is 13.3. The highest BCUT2D eigenvalue weighted by Crippen LogP contribution is 2.45. The maximum absolute atomic E-state index is 13.3. The summed E-state index contributed by atoms with van der Waals surface area (Å²) in [6.45, 7) is 2.16. The van der Waals surface area contributed by atoms with E-state index in [1.54, 1.807) is 10.6 Å². The molecule has 6 heteroatoms. The standard InChI is InChI=1S/C23H20ClN3O2/c24-17-5-6-19-16(13-17)14-20(27(19)12-9-25)22(28)26-10-7-23(8-11-26)15-29-21-4-2-1-3-18(21)23/h1-6,13-14H,7-8,10-12,15H2. The van der Waals surface area contributed by atoms with E-state index in [9.17, 15) is 10.1 Å². The molecule has 0 unspecified atom stereocenters. The molecule has 5 rings (SSSR count). The molecule has 2 aliphatic heterocycles. The number of aromatic nitrogens is 1. The minimum Gasteiger partial charge on any atom is -0.492 e. The van der Waals surface area contributed by atoms with E-state index in [0.29, 0.717) is 30.4 Å². The molecule has 2 aliphatic rings. The number of rotatable bonds is 2. The van der Waals surface area contributed by atoms with Gasteiger partial charge in [0.05, 0.1) is 12.7 Å². The van der Waals surface area contributed by atoms with E-state index in [1.807, 2.05) is 35.2 Å². The van der Waals surface area contributed by atoms with Gasteiger partial charge in [-0.1, -0.05) is 29.8 Å². The van der Waals surface area contributed by atoms with Crippen molar-refractivity contribution >= 4 is 28.4 Å². The van der Waals surface area contributed by atoms with Gasteiger partial charge in [-0.25, -0.2) is 0 Å². The van der Waals surface area contributed by atoms with Crippen LogP contribution in [0.1, 0.15) is 28.9 Å². The van der Waals surface area contributed by atoms with Gasteiger partial charge in [0.2, 0.25) is 0 Å². The van der Waals surface area contributed by atoms with Crippen molar-refractivity contribution < 1.29 is 9.53 Å². The van der Waals surface area contributed by atoms with Gasteiger partial charge < -0.3 is 14.2 Å². The summed E-state index contributed by atoms with van der Waals surface area (Å²) in [5, 5.41) is 10.8. The second-order valence-corrected chi connectivity index (χ2v) is 8.27. The molecule has 0 aliphatic carbocycles. The second-order valence-electron chi connectivity index (χ2n) is 7.83. The number of hydrogen-bond donors (Lipinski definition) is 0. The van der Waals surface area contributed by atoms with Gasteiger partial charge >= 0.3 is 0 Å². The Morgan fingerprint density at radius 1 is 1.17 bits per heavy atom. The first kappa shape index (κ1) is 18.1. The zero-order valence-electron chi connectivity index (χ0n) is 15.9. The van der Waals surface area contributed by atoms with Crippen LogP contribution in [0.5, 0.6) is 5.75 Å². The lowest BCUT2D eigenvalue weighted by atomic mass is 9.74. The average molecular weight is 406 g/mol. The molecule has 1 aromatic heterocycles. The first-order valence-electron chi connectivity index (χ1n) is 9.79.